The molecule has 2 aromatic carbocycles. The third kappa shape index (κ3) is 3.23. The minimum atomic E-state index is -0.737. The molecule has 1 atom stereocenters. The maximum Gasteiger partial charge on any atom is 0.326 e. The Balaban J connectivity index is 2.36. The predicted molar refractivity (Wildman–Crippen MR) is 82.7 cm³/mol. The SMILES string of the molecule is CCOC(=O)[C@@](C)(Sc1ccccc1)c1ccccc1. The van der Waals surface area contributed by atoms with Gasteiger partial charge in [0.15, 0.2) is 0 Å². The van der Waals surface area contributed by atoms with E-state index in [1.54, 1.807) is 0 Å². The van der Waals surface area contributed by atoms with E-state index >= 15 is 0 Å². The van der Waals surface area contributed by atoms with Crippen molar-refractivity contribution in [1.29, 1.82) is 0 Å². The lowest BCUT2D eigenvalue weighted by molar-refractivity contribution is -0.145. The van der Waals surface area contributed by atoms with E-state index in [0.717, 1.165) is 10.5 Å². The Hall–Kier alpha value is -1.74. The van der Waals surface area contributed by atoms with Crippen LogP contribution in [0.4, 0.5) is 0 Å². The van der Waals surface area contributed by atoms with Crippen LogP contribution >= 0.6 is 11.8 Å². The van der Waals surface area contributed by atoms with Crippen molar-refractivity contribution in [3.63, 3.8) is 0 Å². The largest absolute Gasteiger partial charge is 0.465 e. The molecule has 2 rings (SSSR count). The standard InChI is InChI=1S/C17H18O2S/c1-3-19-16(18)17(2,14-10-6-4-7-11-14)20-15-12-8-5-9-13-15/h4-13H,3H2,1-2H3/t17-/m0/s1. The molecule has 0 heterocycles. The van der Waals surface area contributed by atoms with E-state index < -0.39 is 4.75 Å². The molecule has 3 heteroatoms. The molecule has 104 valence electrons. The Morgan fingerprint density at radius 2 is 1.60 bits per heavy atom. The molecule has 0 amide bonds. The van der Waals surface area contributed by atoms with Crippen LogP contribution in [0.1, 0.15) is 19.4 Å². The molecule has 0 bridgehead atoms. The fourth-order valence-corrected chi connectivity index (χ4v) is 3.13. The van der Waals surface area contributed by atoms with E-state index in [9.17, 15) is 4.79 Å². The Morgan fingerprint density at radius 3 is 2.15 bits per heavy atom. The summed E-state index contributed by atoms with van der Waals surface area (Å²) in [5.74, 6) is -0.208. The zero-order chi connectivity index (χ0) is 14.4. The molecule has 0 radical (unpaired) electrons. The second-order valence-electron chi connectivity index (χ2n) is 4.53. The third-order valence-corrected chi connectivity index (χ3v) is 4.37. The van der Waals surface area contributed by atoms with Crippen LogP contribution in [0.2, 0.25) is 0 Å². The number of hydrogen-bond donors (Lipinski definition) is 0. The number of benzene rings is 2. The number of carbonyl (C=O) groups excluding carboxylic acids is 1. The van der Waals surface area contributed by atoms with Gasteiger partial charge in [-0.05, 0) is 31.5 Å². The Bertz CT molecular complexity index is 554. The maximum atomic E-state index is 12.4. The van der Waals surface area contributed by atoms with E-state index in [1.807, 2.05) is 74.5 Å². The molecule has 2 aromatic rings. The molecule has 0 aliphatic heterocycles. The summed E-state index contributed by atoms with van der Waals surface area (Å²) < 4.78 is 4.54. The van der Waals surface area contributed by atoms with Crippen LogP contribution in [0, 0.1) is 0 Å². The van der Waals surface area contributed by atoms with E-state index in [2.05, 4.69) is 0 Å². The van der Waals surface area contributed by atoms with Crippen LogP contribution in [0.25, 0.3) is 0 Å². The smallest absolute Gasteiger partial charge is 0.326 e. The van der Waals surface area contributed by atoms with Gasteiger partial charge < -0.3 is 4.74 Å². The highest BCUT2D eigenvalue weighted by atomic mass is 32.2. The molecule has 20 heavy (non-hydrogen) atoms. The molecule has 0 aliphatic carbocycles. The molecule has 0 unspecified atom stereocenters. The first-order valence-electron chi connectivity index (χ1n) is 6.63. The maximum absolute atomic E-state index is 12.4. The van der Waals surface area contributed by atoms with Gasteiger partial charge in [0.2, 0.25) is 0 Å². The van der Waals surface area contributed by atoms with Crippen molar-refractivity contribution >= 4 is 17.7 Å². The molecular formula is C17H18O2S. The van der Waals surface area contributed by atoms with E-state index in [4.69, 9.17) is 4.74 Å². The fraction of sp³-hybridized carbons (Fsp3) is 0.235. The lowest BCUT2D eigenvalue weighted by Crippen LogP contribution is -2.31. The molecule has 0 aliphatic rings. The Morgan fingerprint density at radius 1 is 1.05 bits per heavy atom. The fourth-order valence-electron chi connectivity index (χ4n) is 1.97. The van der Waals surface area contributed by atoms with Gasteiger partial charge in [0.05, 0.1) is 6.61 Å². The zero-order valence-corrected chi connectivity index (χ0v) is 12.5. The molecule has 2 nitrogen and oxygen atoms in total. The van der Waals surface area contributed by atoms with Crippen LogP contribution in [-0.4, -0.2) is 12.6 Å². The van der Waals surface area contributed by atoms with Gasteiger partial charge >= 0.3 is 5.97 Å². The zero-order valence-electron chi connectivity index (χ0n) is 11.7. The van der Waals surface area contributed by atoms with E-state index in [1.165, 1.54) is 11.8 Å². The summed E-state index contributed by atoms with van der Waals surface area (Å²) in [4.78, 5) is 13.5. The monoisotopic (exact) mass is 286 g/mol. The molecule has 0 saturated heterocycles. The van der Waals surface area contributed by atoms with Crippen LogP contribution < -0.4 is 0 Å². The topological polar surface area (TPSA) is 26.3 Å². The lowest BCUT2D eigenvalue weighted by atomic mass is 10.0. The Labute approximate surface area is 124 Å². The Kier molecular flexibility index (Phi) is 4.85. The van der Waals surface area contributed by atoms with Gasteiger partial charge in [-0.25, -0.2) is 0 Å². The van der Waals surface area contributed by atoms with Gasteiger partial charge in [-0.3, -0.25) is 4.79 Å². The average Bonchev–Trinajstić information content (AvgIpc) is 2.49. The quantitative estimate of drug-likeness (QED) is 0.607. The van der Waals surface area contributed by atoms with Crippen molar-refractivity contribution in [2.75, 3.05) is 6.61 Å². The highest BCUT2D eigenvalue weighted by Gasteiger charge is 2.37. The minimum absolute atomic E-state index is 0.208. The number of thioether (sulfide) groups is 1. The molecule has 0 aromatic heterocycles. The number of esters is 1. The summed E-state index contributed by atoms with van der Waals surface area (Å²) in [6, 6.07) is 19.7. The summed E-state index contributed by atoms with van der Waals surface area (Å²) in [7, 11) is 0. The van der Waals surface area contributed by atoms with Crippen molar-refractivity contribution in [1.82, 2.24) is 0 Å². The molecular weight excluding hydrogens is 268 g/mol. The molecule has 0 spiro atoms. The summed E-state index contributed by atoms with van der Waals surface area (Å²) >= 11 is 1.52. The van der Waals surface area contributed by atoms with Crippen LogP contribution in [-0.2, 0) is 14.3 Å². The van der Waals surface area contributed by atoms with Gasteiger partial charge in [-0.15, -0.1) is 11.8 Å². The van der Waals surface area contributed by atoms with Crippen molar-refractivity contribution in [2.45, 2.75) is 23.5 Å². The normalized spacial score (nSPS) is 13.5. The third-order valence-electron chi connectivity index (χ3n) is 3.05. The highest BCUT2D eigenvalue weighted by molar-refractivity contribution is 8.01. The number of carbonyl (C=O) groups is 1. The first-order valence-corrected chi connectivity index (χ1v) is 7.45. The van der Waals surface area contributed by atoms with Crippen molar-refractivity contribution < 1.29 is 9.53 Å². The van der Waals surface area contributed by atoms with Crippen LogP contribution in [0.3, 0.4) is 0 Å². The van der Waals surface area contributed by atoms with Crippen molar-refractivity contribution in [2.24, 2.45) is 0 Å². The van der Waals surface area contributed by atoms with Crippen LogP contribution in [0.15, 0.2) is 65.6 Å². The van der Waals surface area contributed by atoms with Gasteiger partial charge in [-0.2, -0.15) is 0 Å². The van der Waals surface area contributed by atoms with Crippen LogP contribution in [0.5, 0.6) is 0 Å². The minimum Gasteiger partial charge on any atom is -0.465 e. The van der Waals surface area contributed by atoms with Gasteiger partial charge in [0.25, 0.3) is 0 Å². The number of ether oxygens (including phenoxy) is 1. The predicted octanol–water partition coefficient (Wildman–Crippen LogP) is 4.26. The summed E-state index contributed by atoms with van der Waals surface area (Å²) in [6.45, 7) is 4.13. The summed E-state index contributed by atoms with van der Waals surface area (Å²) in [5, 5.41) is 0. The summed E-state index contributed by atoms with van der Waals surface area (Å²) in [5.41, 5.74) is 0.951. The molecule has 0 saturated carbocycles. The van der Waals surface area contributed by atoms with Gasteiger partial charge in [0.1, 0.15) is 4.75 Å². The van der Waals surface area contributed by atoms with Gasteiger partial charge in [0, 0.05) is 4.90 Å². The molecule has 0 N–H and O–H groups in total. The van der Waals surface area contributed by atoms with E-state index in [0.29, 0.717) is 6.61 Å². The number of hydrogen-bond acceptors (Lipinski definition) is 3. The summed E-state index contributed by atoms with van der Waals surface area (Å²) in [6.07, 6.45) is 0. The first-order chi connectivity index (χ1) is 9.66. The first kappa shape index (κ1) is 14.7. The number of rotatable bonds is 5. The van der Waals surface area contributed by atoms with Crippen molar-refractivity contribution in [3.8, 4) is 0 Å². The highest BCUT2D eigenvalue weighted by Crippen LogP contribution is 2.42. The van der Waals surface area contributed by atoms with Gasteiger partial charge in [-0.1, -0.05) is 48.5 Å². The lowest BCUT2D eigenvalue weighted by Gasteiger charge is -2.27. The second-order valence-corrected chi connectivity index (χ2v) is 6.03. The van der Waals surface area contributed by atoms with E-state index in [-0.39, 0.29) is 5.97 Å². The second kappa shape index (κ2) is 6.62. The molecule has 0 fully saturated rings. The average molecular weight is 286 g/mol. The van der Waals surface area contributed by atoms with Crippen molar-refractivity contribution in [3.05, 3.63) is 66.2 Å².